The van der Waals surface area contributed by atoms with Gasteiger partial charge >= 0.3 is 0 Å². The number of benzene rings is 2. The van der Waals surface area contributed by atoms with Crippen LogP contribution in [0.15, 0.2) is 48.2 Å². The molecule has 2 aromatic rings. The van der Waals surface area contributed by atoms with Crippen molar-refractivity contribution in [3.63, 3.8) is 0 Å². The standard InChI is InChI=1S/C24H26N2O5/c1-4-31-17-9-7-16(8-10-17)21-22(25-13-5-6-14-25)24(28)26(23(21)27)19-12-11-18(29-2)15-20(19)30-3/h7-12,15H,4-6,13-14H2,1-3H3. The first-order valence-corrected chi connectivity index (χ1v) is 10.4. The van der Waals surface area contributed by atoms with E-state index in [1.807, 2.05) is 36.1 Å². The zero-order valence-electron chi connectivity index (χ0n) is 18.0. The number of imide groups is 1. The SMILES string of the molecule is CCOc1ccc(C2=C(N3CCCC3)C(=O)N(c3ccc(OC)cc3OC)C2=O)cc1. The molecular formula is C24H26N2O5. The summed E-state index contributed by atoms with van der Waals surface area (Å²) in [7, 11) is 3.06. The van der Waals surface area contributed by atoms with Crippen molar-refractivity contribution in [3.8, 4) is 17.2 Å². The van der Waals surface area contributed by atoms with E-state index in [9.17, 15) is 9.59 Å². The van der Waals surface area contributed by atoms with Gasteiger partial charge in [-0.3, -0.25) is 9.59 Å². The van der Waals surface area contributed by atoms with Gasteiger partial charge in [0.1, 0.15) is 22.9 Å². The van der Waals surface area contributed by atoms with Gasteiger partial charge in [-0.2, -0.15) is 0 Å². The molecular weight excluding hydrogens is 396 g/mol. The first-order valence-electron chi connectivity index (χ1n) is 10.4. The number of methoxy groups -OCH3 is 2. The van der Waals surface area contributed by atoms with Crippen LogP contribution in [0.1, 0.15) is 25.3 Å². The molecule has 4 rings (SSSR count). The second-order valence-electron chi connectivity index (χ2n) is 7.36. The van der Waals surface area contributed by atoms with E-state index in [1.165, 1.54) is 12.0 Å². The minimum absolute atomic E-state index is 0.334. The summed E-state index contributed by atoms with van der Waals surface area (Å²) in [6.45, 7) is 3.98. The van der Waals surface area contributed by atoms with Crippen LogP contribution < -0.4 is 19.1 Å². The molecule has 0 aromatic heterocycles. The van der Waals surface area contributed by atoms with E-state index < -0.39 is 0 Å². The number of hydrogen-bond acceptors (Lipinski definition) is 6. The highest BCUT2D eigenvalue weighted by Crippen LogP contribution is 2.40. The van der Waals surface area contributed by atoms with Crippen molar-refractivity contribution in [1.29, 1.82) is 0 Å². The van der Waals surface area contributed by atoms with Crippen LogP contribution >= 0.6 is 0 Å². The van der Waals surface area contributed by atoms with E-state index in [4.69, 9.17) is 14.2 Å². The number of rotatable bonds is 7. The number of likely N-dealkylation sites (tertiary alicyclic amines) is 1. The van der Waals surface area contributed by atoms with Crippen LogP contribution in [0.4, 0.5) is 5.69 Å². The Bertz CT molecular complexity index is 1020. The van der Waals surface area contributed by atoms with E-state index in [1.54, 1.807) is 25.3 Å². The molecule has 31 heavy (non-hydrogen) atoms. The van der Waals surface area contributed by atoms with Gasteiger partial charge in [-0.05, 0) is 49.6 Å². The molecule has 0 spiro atoms. The Labute approximate surface area is 181 Å². The Hall–Kier alpha value is -3.48. The van der Waals surface area contributed by atoms with Crippen molar-refractivity contribution < 1.29 is 23.8 Å². The maximum absolute atomic E-state index is 13.6. The third-order valence-electron chi connectivity index (χ3n) is 5.56. The molecule has 1 fully saturated rings. The summed E-state index contributed by atoms with van der Waals surface area (Å²) >= 11 is 0. The van der Waals surface area contributed by atoms with Crippen LogP contribution in [0.3, 0.4) is 0 Å². The minimum atomic E-state index is -0.362. The van der Waals surface area contributed by atoms with Gasteiger partial charge in [0.25, 0.3) is 11.8 Å². The van der Waals surface area contributed by atoms with Crippen molar-refractivity contribution >= 4 is 23.1 Å². The van der Waals surface area contributed by atoms with E-state index in [-0.39, 0.29) is 11.8 Å². The fraction of sp³-hybridized carbons (Fsp3) is 0.333. The molecule has 0 radical (unpaired) electrons. The van der Waals surface area contributed by atoms with E-state index in [0.717, 1.165) is 31.7 Å². The zero-order valence-corrected chi connectivity index (χ0v) is 18.0. The summed E-state index contributed by atoms with van der Waals surface area (Å²) in [5.41, 5.74) is 1.95. The lowest BCUT2D eigenvalue weighted by Gasteiger charge is -2.21. The number of amides is 2. The number of nitrogens with zero attached hydrogens (tertiary/aromatic N) is 2. The topological polar surface area (TPSA) is 68.3 Å². The van der Waals surface area contributed by atoms with Gasteiger partial charge in [0.05, 0.1) is 32.1 Å². The van der Waals surface area contributed by atoms with E-state index in [2.05, 4.69) is 0 Å². The molecule has 0 unspecified atom stereocenters. The van der Waals surface area contributed by atoms with Gasteiger partial charge in [-0.15, -0.1) is 0 Å². The molecule has 0 N–H and O–H groups in total. The summed E-state index contributed by atoms with van der Waals surface area (Å²) in [5.74, 6) is 1.01. The van der Waals surface area contributed by atoms with E-state index in [0.29, 0.717) is 40.6 Å². The van der Waals surface area contributed by atoms with Crippen LogP contribution in [0.25, 0.3) is 5.57 Å². The lowest BCUT2D eigenvalue weighted by molar-refractivity contribution is -0.120. The average Bonchev–Trinajstić information content (AvgIpc) is 3.40. The van der Waals surface area contributed by atoms with Crippen molar-refractivity contribution in [1.82, 2.24) is 4.90 Å². The number of carbonyl (C=O) groups is 2. The molecule has 2 heterocycles. The number of hydrogen-bond donors (Lipinski definition) is 0. The first-order chi connectivity index (χ1) is 15.1. The highest BCUT2D eigenvalue weighted by atomic mass is 16.5. The Morgan fingerprint density at radius 1 is 0.871 bits per heavy atom. The summed E-state index contributed by atoms with van der Waals surface area (Å²) in [6.07, 6.45) is 1.99. The second-order valence-corrected chi connectivity index (χ2v) is 7.36. The van der Waals surface area contributed by atoms with Crippen LogP contribution in [0.2, 0.25) is 0 Å². The maximum Gasteiger partial charge on any atom is 0.282 e. The lowest BCUT2D eigenvalue weighted by atomic mass is 10.0. The van der Waals surface area contributed by atoms with Crippen molar-refractivity contribution in [2.75, 3.05) is 38.8 Å². The van der Waals surface area contributed by atoms with Gasteiger partial charge in [0.2, 0.25) is 0 Å². The smallest absolute Gasteiger partial charge is 0.282 e. The second kappa shape index (κ2) is 8.71. The Kier molecular flexibility index (Phi) is 5.84. The van der Waals surface area contributed by atoms with Crippen molar-refractivity contribution in [3.05, 3.63) is 53.7 Å². The van der Waals surface area contributed by atoms with E-state index >= 15 is 0 Å². The quantitative estimate of drug-likeness (QED) is 0.637. The fourth-order valence-corrected chi connectivity index (χ4v) is 4.09. The Morgan fingerprint density at radius 2 is 1.55 bits per heavy atom. The molecule has 2 amide bonds. The average molecular weight is 422 g/mol. The minimum Gasteiger partial charge on any atom is -0.497 e. The monoisotopic (exact) mass is 422 g/mol. The maximum atomic E-state index is 13.6. The molecule has 2 aromatic carbocycles. The molecule has 7 nitrogen and oxygen atoms in total. The summed E-state index contributed by atoms with van der Waals surface area (Å²) < 4.78 is 16.2. The third-order valence-corrected chi connectivity index (χ3v) is 5.56. The molecule has 162 valence electrons. The highest BCUT2D eigenvalue weighted by molar-refractivity contribution is 6.45. The van der Waals surface area contributed by atoms with Gasteiger partial charge < -0.3 is 19.1 Å². The molecule has 0 atom stereocenters. The summed E-state index contributed by atoms with van der Waals surface area (Å²) in [5, 5.41) is 0. The normalized spacial score (nSPS) is 16.4. The van der Waals surface area contributed by atoms with Gasteiger partial charge in [-0.1, -0.05) is 12.1 Å². The van der Waals surface area contributed by atoms with Gasteiger partial charge in [0, 0.05) is 19.2 Å². The van der Waals surface area contributed by atoms with Crippen molar-refractivity contribution in [2.45, 2.75) is 19.8 Å². The molecule has 2 aliphatic rings. The molecule has 0 saturated carbocycles. The summed E-state index contributed by atoms with van der Waals surface area (Å²) in [6, 6.07) is 12.4. The Balaban J connectivity index is 1.79. The predicted molar refractivity (Wildman–Crippen MR) is 117 cm³/mol. The molecule has 1 saturated heterocycles. The van der Waals surface area contributed by atoms with Gasteiger partial charge in [0.15, 0.2) is 0 Å². The molecule has 0 bridgehead atoms. The molecule has 0 aliphatic carbocycles. The number of anilines is 1. The zero-order chi connectivity index (χ0) is 22.0. The van der Waals surface area contributed by atoms with Crippen LogP contribution in [-0.4, -0.2) is 50.6 Å². The number of ether oxygens (including phenoxy) is 3. The highest BCUT2D eigenvalue weighted by Gasteiger charge is 2.44. The van der Waals surface area contributed by atoms with Crippen LogP contribution in [-0.2, 0) is 9.59 Å². The van der Waals surface area contributed by atoms with Crippen LogP contribution in [0.5, 0.6) is 17.2 Å². The molecule has 7 heteroatoms. The third kappa shape index (κ3) is 3.71. The predicted octanol–water partition coefficient (Wildman–Crippen LogP) is 3.48. The molecule has 2 aliphatic heterocycles. The summed E-state index contributed by atoms with van der Waals surface area (Å²) in [4.78, 5) is 30.4. The van der Waals surface area contributed by atoms with Crippen LogP contribution in [0, 0.1) is 0 Å². The van der Waals surface area contributed by atoms with Gasteiger partial charge in [-0.25, -0.2) is 4.90 Å². The largest absolute Gasteiger partial charge is 0.497 e. The van der Waals surface area contributed by atoms with Crippen molar-refractivity contribution in [2.24, 2.45) is 0 Å². The fourth-order valence-electron chi connectivity index (χ4n) is 4.09. The number of carbonyl (C=O) groups excluding carboxylic acids is 2. The lowest BCUT2D eigenvalue weighted by Crippen LogP contribution is -2.34. The Morgan fingerprint density at radius 3 is 2.16 bits per heavy atom. The first kappa shape index (κ1) is 20.8.